The van der Waals surface area contributed by atoms with Crippen molar-refractivity contribution in [3.8, 4) is 11.5 Å². The Hall–Kier alpha value is -1.76. The molecule has 0 bridgehead atoms. The summed E-state index contributed by atoms with van der Waals surface area (Å²) in [6.45, 7) is 12.8. The maximum absolute atomic E-state index is 12.2. The summed E-state index contributed by atoms with van der Waals surface area (Å²) in [6.07, 6.45) is 3.25. The van der Waals surface area contributed by atoms with E-state index in [0.717, 1.165) is 38.3 Å². The zero-order chi connectivity index (χ0) is 20.5. The highest BCUT2D eigenvalue weighted by molar-refractivity contribution is 6.32. The van der Waals surface area contributed by atoms with E-state index in [1.54, 1.807) is 19.3 Å². The molecule has 0 spiro atoms. The topological polar surface area (TPSA) is 54.0 Å². The first-order valence-electron chi connectivity index (χ1n) is 9.91. The van der Waals surface area contributed by atoms with E-state index in [-0.39, 0.29) is 5.91 Å². The summed E-state index contributed by atoms with van der Waals surface area (Å²) in [6, 6.07) is 3.88. The third kappa shape index (κ3) is 6.40. The van der Waals surface area contributed by atoms with Crippen LogP contribution in [0, 0.1) is 0 Å². The number of benzene rings is 1. The van der Waals surface area contributed by atoms with Crippen molar-refractivity contribution in [1.82, 2.24) is 15.1 Å². The minimum atomic E-state index is -0.121. The molecule has 0 saturated carbocycles. The van der Waals surface area contributed by atoms with Crippen LogP contribution in [0.15, 0.2) is 18.2 Å². The van der Waals surface area contributed by atoms with Gasteiger partial charge >= 0.3 is 0 Å². The molecule has 28 heavy (non-hydrogen) atoms. The van der Waals surface area contributed by atoms with Gasteiger partial charge in [-0.15, -0.1) is 0 Å². The van der Waals surface area contributed by atoms with Crippen molar-refractivity contribution in [2.75, 3.05) is 53.0 Å². The second kappa shape index (κ2) is 11.3. The van der Waals surface area contributed by atoms with Crippen molar-refractivity contribution in [1.29, 1.82) is 0 Å². The van der Waals surface area contributed by atoms with Gasteiger partial charge in [0.2, 0.25) is 5.91 Å². The predicted octanol–water partition coefficient (Wildman–Crippen LogP) is 2.90. The molecule has 2 rings (SSSR count). The summed E-state index contributed by atoms with van der Waals surface area (Å²) in [4.78, 5) is 17.1. The molecule has 1 N–H and O–H groups in total. The van der Waals surface area contributed by atoms with Gasteiger partial charge < -0.3 is 19.7 Å². The number of carbonyl (C=O) groups is 1. The molecular formula is C21H32ClN3O3. The van der Waals surface area contributed by atoms with Crippen LogP contribution >= 0.6 is 11.6 Å². The van der Waals surface area contributed by atoms with E-state index in [2.05, 4.69) is 29.0 Å². The highest BCUT2D eigenvalue weighted by Crippen LogP contribution is 2.36. The number of rotatable bonds is 9. The first kappa shape index (κ1) is 22.5. The van der Waals surface area contributed by atoms with E-state index in [1.165, 1.54) is 6.08 Å². The van der Waals surface area contributed by atoms with E-state index in [1.807, 2.05) is 13.0 Å². The lowest BCUT2D eigenvalue weighted by Crippen LogP contribution is -2.52. The highest BCUT2D eigenvalue weighted by atomic mass is 35.5. The van der Waals surface area contributed by atoms with Crippen LogP contribution in [0.25, 0.3) is 6.08 Å². The first-order valence-corrected chi connectivity index (χ1v) is 10.3. The van der Waals surface area contributed by atoms with Gasteiger partial charge in [0.05, 0.1) is 18.7 Å². The number of nitrogens with zero attached hydrogens (tertiary/aromatic N) is 2. The third-order valence-corrected chi connectivity index (χ3v) is 5.29. The summed E-state index contributed by atoms with van der Waals surface area (Å²) in [5.74, 6) is 0.948. The minimum Gasteiger partial charge on any atom is -0.491 e. The normalized spacial score (nSPS) is 16.9. The monoisotopic (exact) mass is 409 g/mol. The standard InChI is InChI=1S/C21H32ClN3O3/c1-5-24-9-11-25(12-10-24)16(3)15-23-20(26)8-7-17-13-18(22)21(27-4)19(14-17)28-6-2/h7-8,13-14,16H,5-6,9-12,15H2,1-4H3,(H,23,26)/b8-7+. The van der Waals surface area contributed by atoms with Gasteiger partial charge in [-0.05, 0) is 44.2 Å². The van der Waals surface area contributed by atoms with Crippen molar-refractivity contribution in [3.63, 3.8) is 0 Å². The van der Waals surface area contributed by atoms with Crippen LogP contribution in [-0.2, 0) is 4.79 Å². The fraction of sp³-hybridized carbons (Fsp3) is 0.571. The Labute approximate surface area is 173 Å². The van der Waals surface area contributed by atoms with Crippen molar-refractivity contribution in [3.05, 3.63) is 28.8 Å². The molecule has 1 saturated heterocycles. The van der Waals surface area contributed by atoms with Gasteiger partial charge in [-0.2, -0.15) is 0 Å². The fourth-order valence-corrected chi connectivity index (χ4v) is 3.57. The summed E-state index contributed by atoms with van der Waals surface area (Å²) in [5, 5.41) is 3.43. The minimum absolute atomic E-state index is 0.121. The van der Waals surface area contributed by atoms with E-state index >= 15 is 0 Å². The quantitative estimate of drug-likeness (QED) is 0.635. The summed E-state index contributed by atoms with van der Waals surface area (Å²) < 4.78 is 10.8. The Bertz CT molecular complexity index is 673. The largest absolute Gasteiger partial charge is 0.491 e. The lowest BCUT2D eigenvalue weighted by atomic mass is 10.2. The number of ether oxygens (including phenoxy) is 2. The van der Waals surface area contributed by atoms with Crippen molar-refractivity contribution >= 4 is 23.6 Å². The molecule has 6 nitrogen and oxygen atoms in total. The maximum Gasteiger partial charge on any atom is 0.244 e. The molecule has 1 aromatic rings. The molecule has 1 heterocycles. The molecule has 156 valence electrons. The van der Waals surface area contributed by atoms with Crippen molar-refractivity contribution < 1.29 is 14.3 Å². The SMILES string of the molecule is CCOc1cc(/C=C/C(=O)NCC(C)N2CCN(CC)CC2)cc(Cl)c1OC. The molecule has 1 aromatic carbocycles. The average Bonchev–Trinajstić information content (AvgIpc) is 2.70. The van der Waals surface area contributed by atoms with E-state index < -0.39 is 0 Å². The van der Waals surface area contributed by atoms with Crippen LogP contribution in [0.1, 0.15) is 26.3 Å². The molecule has 0 aliphatic carbocycles. The van der Waals surface area contributed by atoms with Crippen LogP contribution in [-0.4, -0.2) is 74.7 Å². The number of hydrogen-bond donors (Lipinski definition) is 1. The van der Waals surface area contributed by atoms with Crippen LogP contribution in [0.4, 0.5) is 0 Å². The second-order valence-electron chi connectivity index (χ2n) is 6.86. The zero-order valence-electron chi connectivity index (χ0n) is 17.3. The molecule has 7 heteroatoms. The number of likely N-dealkylation sites (N-methyl/N-ethyl adjacent to an activating group) is 1. The summed E-state index contributed by atoms with van der Waals surface area (Å²) >= 11 is 6.25. The van der Waals surface area contributed by atoms with Gasteiger partial charge in [0.1, 0.15) is 0 Å². The van der Waals surface area contributed by atoms with Gasteiger partial charge in [0.15, 0.2) is 11.5 Å². The second-order valence-corrected chi connectivity index (χ2v) is 7.27. The number of nitrogens with one attached hydrogen (secondary N) is 1. The van der Waals surface area contributed by atoms with Gasteiger partial charge in [-0.1, -0.05) is 18.5 Å². The Balaban J connectivity index is 1.88. The number of carbonyl (C=O) groups excluding carboxylic acids is 1. The lowest BCUT2D eigenvalue weighted by Gasteiger charge is -2.37. The van der Waals surface area contributed by atoms with Gasteiger partial charge in [0, 0.05) is 44.8 Å². The first-order chi connectivity index (χ1) is 13.5. The molecule has 1 aliphatic heterocycles. The third-order valence-electron chi connectivity index (χ3n) is 5.01. The Morgan fingerprint density at radius 1 is 1.29 bits per heavy atom. The number of piperazine rings is 1. The molecule has 1 fully saturated rings. The van der Waals surface area contributed by atoms with Crippen LogP contribution in [0.2, 0.25) is 5.02 Å². The van der Waals surface area contributed by atoms with Gasteiger partial charge in [-0.25, -0.2) is 0 Å². The number of amides is 1. The fourth-order valence-electron chi connectivity index (χ4n) is 3.27. The summed E-state index contributed by atoms with van der Waals surface area (Å²) in [7, 11) is 1.55. The van der Waals surface area contributed by atoms with E-state index in [9.17, 15) is 4.79 Å². The molecule has 1 unspecified atom stereocenters. The molecule has 0 radical (unpaired) electrons. The smallest absolute Gasteiger partial charge is 0.244 e. The van der Waals surface area contributed by atoms with Crippen LogP contribution in [0.3, 0.4) is 0 Å². The van der Waals surface area contributed by atoms with Crippen molar-refractivity contribution in [2.45, 2.75) is 26.8 Å². The Kier molecular flexibility index (Phi) is 9.09. The number of methoxy groups -OCH3 is 1. The van der Waals surface area contributed by atoms with Crippen LogP contribution < -0.4 is 14.8 Å². The molecular weight excluding hydrogens is 378 g/mol. The molecule has 1 amide bonds. The Morgan fingerprint density at radius 2 is 2.00 bits per heavy atom. The number of hydrogen-bond acceptors (Lipinski definition) is 5. The molecule has 1 atom stereocenters. The predicted molar refractivity (Wildman–Crippen MR) is 114 cm³/mol. The van der Waals surface area contributed by atoms with Crippen molar-refractivity contribution in [2.24, 2.45) is 0 Å². The highest BCUT2D eigenvalue weighted by Gasteiger charge is 2.20. The molecule has 0 aromatic heterocycles. The van der Waals surface area contributed by atoms with Crippen LogP contribution in [0.5, 0.6) is 11.5 Å². The molecule has 1 aliphatic rings. The van der Waals surface area contributed by atoms with E-state index in [4.69, 9.17) is 21.1 Å². The Morgan fingerprint density at radius 3 is 2.61 bits per heavy atom. The van der Waals surface area contributed by atoms with Gasteiger partial charge in [-0.3, -0.25) is 9.69 Å². The van der Waals surface area contributed by atoms with Gasteiger partial charge in [0.25, 0.3) is 0 Å². The maximum atomic E-state index is 12.2. The van der Waals surface area contributed by atoms with E-state index in [0.29, 0.717) is 35.7 Å². The average molecular weight is 410 g/mol. The number of halogens is 1. The zero-order valence-corrected chi connectivity index (χ0v) is 18.1. The summed E-state index contributed by atoms with van der Waals surface area (Å²) in [5.41, 5.74) is 0.785. The lowest BCUT2D eigenvalue weighted by molar-refractivity contribution is -0.116.